The fraction of sp³-hybridized carbons (Fsp3) is 0.294. The van der Waals surface area contributed by atoms with Gasteiger partial charge in [-0.25, -0.2) is 0 Å². The zero-order valence-electron chi connectivity index (χ0n) is 12.3. The Labute approximate surface area is 126 Å². The number of aromatic hydroxyl groups is 2. The largest absolute Gasteiger partial charge is 0.508 e. The van der Waals surface area contributed by atoms with E-state index in [4.69, 9.17) is 0 Å². The van der Waals surface area contributed by atoms with Crippen molar-refractivity contribution in [2.24, 2.45) is 0 Å². The number of rotatable bonds is 3. The van der Waals surface area contributed by atoms with E-state index >= 15 is 0 Å². The Bertz CT molecular complexity index is 678. The van der Waals surface area contributed by atoms with E-state index in [0.717, 1.165) is 0 Å². The number of halogens is 3. The smallest absolute Gasteiger partial charge is 0.399 e. The summed E-state index contributed by atoms with van der Waals surface area (Å²) < 4.78 is 41.0. The number of aryl methyl sites for hydroxylation is 2. The number of alkyl halides is 3. The van der Waals surface area contributed by atoms with Gasteiger partial charge < -0.3 is 10.2 Å². The van der Waals surface area contributed by atoms with Gasteiger partial charge in [0.05, 0.1) is 0 Å². The van der Waals surface area contributed by atoms with Crippen LogP contribution in [-0.2, 0) is 6.42 Å². The lowest BCUT2D eigenvalue weighted by Crippen LogP contribution is -2.24. The second kappa shape index (κ2) is 5.91. The van der Waals surface area contributed by atoms with E-state index < -0.39 is 12.1 Å². The van der Waals surface area contributed by atoms with Gasteiger partial charge in [0, 0.05) is 0 Å². The van der Waals surface area contributed by atoms with E-state index in [2.05, 4.69) is 0 Å². The first-order valence-corrected chi connectivity index (χ1v) is 6.92. The van der Waals surface area contributed by atoms with Crippen molar-refractivity contribution in [3.63, 3.8) is 0 Å². The van der Waals surface area contributed by atoms with Crippen LogP contribution in [0, 0.1) is 6.92 Å². The van der Waals surface area contributed by atoms with Crippen molar-refractivity contribution < 1.29 is 23.4 Å². The molecule has 0 spiro atoms. The molecule has 0 saturated heterocycles. The van der Waals surface area contributed by atoms with Crippen molar-refractivity contribution in [1.29, 1.82) is 0 Å². The topological polar surface area (TPSA) is 40.5 Å². The van der Waals surface area contributed by atoms with Gasteiger partial charge >= 0.3 is 6.18 Å². The first-order chi connectivity index (χ1) is 10.2. The molecule has 0 aromatic heterocycles. The zero-order valence-corrected chi connectivity index (χ0v) is 12.3. The predicted molar refractivity (Wildman–Crippen MR) is 78.2 cm³/mol. The van der Waals surface area contributed by atoms with Gasteiger partial charge in [0.25, 0.3) is 0 Å². The Morgan fingerprint density at radius 3 is 2.00 bits per heavy atom. The van der Waals surface area contributed by atoms with Crippen LogP contribution in [0.15, 0.2) is 36.4 Å². The number of hydrogen-bond acceptors (Lipinski definition) is 2. The SMILES string of the molecule is CCc1cc(O)ccc1[C@@H](c1ccc(O)cc1C)C(F)(F)F. The van der Waals surface area contributed by atoms with Gasteiger partial charge in [0.15, 0.2) is 0 Å². The molecule has 22 heavy (non-hydrogen) atoms. The third-order valence-electron chi connectivity index (χ3n) is 3.71. The minimum atomic E-state index is -4.47. The lowest BCUT2D eigenvalue weighted by atomic mass is 9.84. The highest BCUT2D eigenvalue weighted by Gasteiger charge is 2.43. The maximum Gasteiger partial charge on any atom is 0.399 e. The Morgan fingerprint density at radius 1 is 0.955 bits per heavy atom. The van der Waals surface area contributed by atoms with Crippen LogP contribution >= 0.6 is 0 Å². The first kappa shape index (κ1) is 16.2. The molecule has 0 heterocycles. The fourth-order valence-corrected chi connectivity index (χ4v) is 2.68. The third kappa shape index (κ3) is 3.18. The second-order valence-electron chi connectivity index (χ2n) is 5.25. The van der Waals surface area contributed by atoms with E-state index in [1.54, 1.807) is 13.8 Å². The van der Waals surface area contributed by atoms with Gasteiger partial charge in [-0.1, -0.05) is 19.1 Å². The van der Waals surface area contributed by atoms with Crippen LogP contribution in [0.25, 0.3) is 0 Å². The van der Waals surface area contributed by atoms with Crippen LogP contribution < -0.4 is 0 Å². The Balaban J connectivity index is 2.67. The molecule has 2 N–H and O–H groups in total. The molecule has 2 nitrogen and oxygen atoms in total. The molecule has 2 aromatic carbocycles. The highest BCUT2D eigenvalue weighted by atomic mass is 19.4. The Kier molecular flexibility index (Phi) is 4.35. The summed E-state index contributed by atoms with van der Waals surface area (Å²) in [6.07, 6.45) is -4.09. The van der Waals surface area contributed by atoms with Crippen molar-refractivity contribution in [1.82, 2.24) is 0 Å². The molecule has 0 unspecified atom stereocenters. The molecule has 118 valence electrons. The molecule has 0 aliphatic rings. The molecule has 0 amide bonds. The zero-order chi connectivity index (χ0) is 16.5. The van der Waals surface area contributed by atoms with Crippen LogP contribution in [0.2, 0.25) is 0 Å². The van der Waals surface area contributed by atoms with Crippen LogP contribution in [0.3, 0.4) is 0 Å². The summed E-state index contributed by atoms with van der Waals surface area (Å²) in [6, 6.07) is 7.83. The molecule has 0 fully saturated rings. The standard InChI is InChI=1S/C17H17F3O2/c1-3-11-9-13(22)5-7-15(11)16(17(18,19)20)14-6-4-12(21)8-10(14)2/h4-9,16,21-22H,3H2,1-2H3/t16-/m1/s1. The molecule has 5 heteroatoms. The van der Waals surface area contributed by atoms with Gasteiger partial charge in [-0.05, 0) is 59.9 Å². The highest BCUT2D eigenvalue weighted by Crippen LogP contribution is 2.43. The summed E-state index contributed by atoms with van der Waals surface area (Å²) in [6.45, 7) is 3.29. The summed E-state index contributed by atoms with van der Waals surface area (Å²) >= 11 is 0. The second-order valence-corrected chi connectivity index (χ2v) is 5.25. The van der Waals surface area contributed by atoms with Crippen molar-refractivity contribution in [3.8, 4) is 11.5 Å². The predicted octanol–water partition coefficient (Wildman–Crippen LogP) is 4.66. The summed E-state index contributed by atoms with van der Waals surface area (Å²) in [5.74, 6) is -1.91. The summed E-state index contributed by atoms with van der Waals surface area (Å²) in [5.41, 5.74) is 1.06. The maximum atomic E-state index is 13.7. The van der Waals surface area contributed by atoms with Crippen molar-refractivity contribution in [3.05, 3.63) is 58.7 Å². The van der Waals surface area contributed by atoms with Crippen LogP contribution in [0.4, 0.5) is 13.2 Å². The van der Waals surface area contributed by atoms with Gasteiger partial charge in [0.1, 0.15) is 17.4 Å². The van der Waals surface area contributed by atoms with E-state index in [1.165, 1.54) is 36.4 Å². The molecular weight excluding hydrogens is 293 g/mol. The van der Waals surface area contributed by atoms with Crippen molar-refractivity contribution in [2.45, 2.75) is 32.4 Å². The number of phenols is 2. The number of hydrogen-bond donors (Lipinski definition) is 2. The molecular formula is C17H17F3O2. The van der Waals surface area contributed by atoms with Crippen LogP contribution in [-0.4, -0.2) is 16.4 Å². The highest BCUT2D eigenvalue weighted by molar-refractivity contribution is 5.46. The number of benzene rings is 2. The molecule has 0 radical (unpaired) electrons. The average molecular weight is 310 g/mol. The molecule has 0 bridgehead atoms. The first-order valence-electron chi connectivity index (χ1n) is 6.92. The fourth-order valence-electron chi connectivity index (χ4n) is 2.68. The number of phenolic OH excluding ortho intramolecular Hbond substituents is 2. The molecule has 2 rings (SSSR count). The van der Waals surface area contributed by atoms with E-state index in [0.29, 0.717) is 17.5 Å². The normalized spacial score (nSPS) is 13.1. The summed E-state index contributed by atoms with van der Waals surface area (Å²) in [5, 5.41) is 18.9. The molecule has 1 atom stereocenters. The van der Waals surface area contributed by atoms with Crippen molar-refractivity contribution in [2.75, 3.05) is 0 Å². The lowest BCUT2D eigenvalue weighted by molar-refractivity contribution is -0.141. The van der Waals surface area contributed by atoms with Crippen LogP contribution in [0.1, 0.15) is 35.1 Å². The maximum absolute atomic E-state index is 13.7. The Morgan fingerprint density at radius 2 is 1.50 bits per heavy atom. The minimum Gasteiger partial charge on any atom is -0.508 e. The van der Waals surface area contributed by atoms with Crippen LogP contribution in [0.5, 0.6) is 11.5 Å². The van der Waals surface area contributed by atoms with E-state index in [1.807, 2.05) is 0 Å². The Hall–Kier alpha value is -2.17. The summed E-state index contributed by atoms with van der Waals surface area (Å²) in [7, 11) is 0. The van der Waals surface area contributed by atoms with E-state index in [-0.39, 0.29) is 22.6 Å². The molecule has 0 aliphatic heterocycles. The van der Waals surface area contributed by atoms with Gasteiger partial charge in [-0.2, -0.15) is 13.2 Å². The van der Waals surface area contributed by atoms with Gasteiger partial charge in [-0.15, -0.1) is 0 Å². The van der Waals surface area contributed by atoms with Gasteiger partial charge in [-0.3, -0.25) is 0 Å². The summed E-state index contributed by atoms with van der Waals surface area (Å²) in [4.78, 5) is 0. The van der Waals surface area contributed by atoms with E-state index in [9.17, 15) is 23.4 Å². The third-order valence-corrected chi connectivity index (χ3v) is 3.71. The quantitative estimate of drug-likeness (QED) is 0.865. The molecule has 2 aromatic rings. The van der Waals surface area contributed by atoms with Crippen molar-refractivity contribution >= 4 is 0 Å². The minimum absolute atomic E-state index is 0.0519. The van der Waals surface area contributed by atoms with Gasteiger partial charge in [0.2, 0.25) is 0 Å². The molecule has 0 saturated carbocycles. The lowest BCUT2D eigenvalue weighted by Gasteiger charge is -2.25. The average Bonchev–Trinajstić information content (AvgIpc) is 2.41. The molecule has 0 aliphatic carbocycles. The monoisotopic (exact) mass is 310 g/mol.